The summed E-state index contributed by atoms with van der Waals surface area (Å²) in [6.07, 6.45) is 0. The average molecular weight is 290 g/mol. The smallest absolute Gasteiger partial charge is 0.118 e. The lowest BCUT2D eigenvalue weighted by Gasteiger charge is -2.06. The molecular formula is C18H14N2O2. The Morgan fingerprint density at radius 2 is 1.00 bits per heavy atom. The van der Waals surface area contributed by atoms with Gasteiger partial charge in [-0.25, -0.2) is 0 Å². The summed E-state index contributed by atoms with van der Waals surface area (Å²) < 4.78 is 10.2. The molecule has 4 heteroatoms. The Bertz CT molecular complexity index is 693. The number of hydrogen-bond acceptors (Lipinski definition) is 4. The van der Waals surface area contributed by atoms with E-state index in [0.29, 0.717) is 33.8 Å². The number of methoxy groups -OCH3 is 2. The van der Waals surface area contributed by atoms with Crippen LogP contribution < -0.4 is 9.47 Å². The van der Waals surface area contributed by atoms with E-state index in [4.69, 9.17) is 9.47 Å². The lowest BCUT2D eigenvalue weighted by molar-refractivity contribution is 0.414. The molecule has 0 aromatic heterocycles. The van der Waals surface area contributed by atoms with Gasteiger partial charge in [0.05, 0.1) is 25.4 Å². The molecular weight excluding hydrogens is 276 g/mol. The summed E-state index contributed by atoms with van der Waals surface area (Å²) in [6, 6.07) is 18.3. The van der Waals surface area contributed by atoms with E-state index >= 15 is 0 Å². The van der Waals surface area contributed by atoms with Crippen molar-refractivity contribution < 1.29 is 9.47 Å². The van der Waals surface area contributed by atoms with E-state index < -0.39 is 0 Å². The zero-order valence-corrected chi connectivity index (χ0v) is 12.3. The molecule has 0 saturated carbocycles. The minimum absolute atomic E-state index is 0.329. The third kappa shape index (κ3) is 3.08. The van der Waals surface area contributed by atoms with Gasteiger partial charge in [-0.1, -0.05) is 0 Å². The molecule has 4 nitrogen and oxygen atoms in total. The lowest BCUT2D eigenvalue weighted by atomic mass is 9.96. The van der Waals surface area contributed by atoms with E-state index in [-0.39, 0.29) is 0 Å². The van der Waals surface area contributed by atoms with Crippen molar-refractivity contribution >= 4 is 11.1 Å². The third-order valence-corrected chi connectivity index (χ3v) is 3.23. The topological polar surface area (TPSA) is 66.0 Å². The van der Waals surface area contributed by atoms with E-state index in [1.807, 2.05) is 0 Å². The molecule has 0 saturated heterocycles. The summed E-state index contributed by atoms with van der Waals surface area (Å²) >= 11 is 0. The van der Waals surface area contributed by atoms with Crippen molar-refractivity contribution in [1.29, 1.82) is 10.5 Å². The molecule has 0 bridgehead atoms. The Morgan fingerprint density at radius 1 is 0.682 bits per heavy atom. The van der Waals surface area contributed by atoms with Crippen LogP contribution in [-0.2, 0) is 0 Å². The second-order valence-corrected chi connectivity index (χ2v) is 4.43. The van der Waals surface area contributed by atoms with Crippen LogP contribution in [0.5, 0.6) is 11.5 Å². The number of nitriles is 2. The third-order valence-electron chi connectivity index (χ3n) is 3.23. The van der Waals surface area contributed by atoms with Crippen molar-refractivity contribution in [3.05, 3.63) is 59.7 Å². The molecule has 108 valence electrons. The second-order valence-electron chi connectivity index (χ2n) is 4.43. The van der Waals surface area contributed by atoms with Gasteiger partial charge in [-0.05, 0) is 59.7 Å². The lowest BCUT2D eigenvalue weighted by Crippen LogP contribution is -1.91. The fraction of sp³-hybridized carbons (Fsp3) is 0.111. The van der Waals surface area contributed by atoms with Gasteiger partial charge in [0.15, 0.2) is 0 Å². The molecule has 22 heavy (non-hydrogen) atoms. The predicted octanol–water partition coefficient (Wildman–Crippen LogP) is 3.66. The molecule has 0 amide bonds. The summed E-state index contributed by atoms with van der Waals surface area (Å²) in [4.78, 5) is 0. The number of rotatable bonds is 4. The van der Waals surface area contributed by atoms with Gasteiger partial charge < -0.3 is 9.47 Å². The molecule has 2 aromatic carbocycles. The number of nitrogens with zero attached hydrogens (tertiary/aromatic N) is 2. The minimum Gasteiger partial charge on any atom is -0.497 e. The summed E-state index contributed by atoms with van der Waals surface area (Å²) in [5.41, 5.74) is 2.01. The molecule has 0 unspecified atom stereocenters. The zero-order valence-electron chi connectivity index (χ0n) is 12.3. The van der Waals surface area contributed by atoms with Gasteiger partial charge in [-0.2, -0.15) is 10.5 Å². The summed E-state index contributed by atoms with van der Waals surface area (Å²) in [5, 5.41) is 18.9. The average Bonchev–Trinajstić information content (AvgIpc) is 2.60. The monoisotopic (exact) mass is 290 g/mol. The van der Waals surface area contributed by atoms with Crippen molar-refractivity contribution in [2.24, 2.45) is 0 Å². The first-order valence-electron chi connectivity index (χ1n) is 6.56. The van der Waals surface area contributed by atoms with Crippen molar-refractivity contribution in [3.8, 4) is 23.6 Å². The van der Waals surface area contributed by atoms with Gasteiger partial charge in [0.1, 0.15) is 23.6 Å². The van der Waals surface area contributed by atoms with Crippen molar-refractivity contribution in [3.63, 3.8) is 0 Å². The van der Waals surface area contributed by atoms with Gasteiger partial charge in [-0.15, -0.1) is 0 Å². The van der Waals surface area contributed by atoms with Gasteiger partial charge in [0.25, 0.3) is 0 Å². The van der Waals surface area contributed by atoms with Crippen molar-refractivity contribution in [2.75, 3.05) is 14.2 Å². The zero-order chi connectivity index (χ0) is 15.9. The molecule has 0 N–H and O–H groups in total. The first-order chi connectivity index (χ1) is 10.7. The molecule has 0 aliphatic rings. The number of hydrogen-bond donors (Lipinski definition) is 0. The van der Waals surface area contributed by atoms with Gasteiger partial charge in [0, 0.05) is 0 Å². The fourth-order valence-electron chi connectivity index (χ4n) is 2.04. The molecule has 0 atom stereocenters. The van der Waals surface area contributed by atoms with Crippen LogP contribution in [0.15, 0.2) is 48.5 Å². The second kappa shape index (κ2) is 6.97. The molecule has 0 fully saturated rings. The van der Waals surface area contributed by atoms with E-state index in [1.54, 1.807) is 62.8 Å². The minimum atomic E-state index is 0.329. The van der Waals surface area contributed by atoms with Crippen LogP contribution in [0.3, 0.4) is 0 Å². The molecule has 2 aromatic rings. The van der Waals surface area contributed by atoms with Crippen LogP contribution in [0.1, 0.15) is 11.1 Å². The highest BCUT2D eigenvalue weighted by atomic mass is 16.5. The molecule has 0 radical (unpaired) electrons. The molecule has 0 heterocycles. The van der Waals surface area contributed by atoms with Crippen LogP contribution in [0.25, 0.3) is 11.1 Å². The van der Waals surface area contributed by atoms with E-state index in [0.717, 1.165) is 0 Å². The van der Waals surface area contributed by atoms with Crippen molar-refractivity contribution in [1.82, 2.24) is 0 Å². The van der Waals surface area contributed by atoms with Gasteiger partial charge in [-0.3, -0.25) is 0 Å². The fourth-order valence-corrected chi connectivity index (χ4v) is 2.04. The highest BCUT2D eigenvalue weighted by molar-refractivity contribution is 6.02. The van der Waals surface area contributed by atoms with Crippen LogP contribution in [0.2, 0.25) is 0 Å². The number of ether oxygens (including phenoxy) is 2. The first kappa shape index (κ1) is 15.2. The molecule has 0 aliphatic carbocycles. The molecule has 2 rings (SSSR count). The SMILES string of the molecule is COc1ccc(C(C#N)=C(C#N)c2ccc(OC)cc2)cc1. The molecule has 0 spiro atoms. The van der Waals surface area contributed by atoms with Crippen LogP contribution in [-0.4, -0.2) is 14.2 Å². The maximum Gasteiger partial charge on any atom is 0.118 e. The van der Waals surface area contributed by atoms with Crippen LogP contribution in [0, 0.1) is 22.7 Å². The highest BCUT2D eigenvalue weighted by Gasteiger charge is 2.11. The highest BCUT2D eigenvalue weighted by Crippen LogP contribution is 2.27. The normalized spacial score (nSPS) is 10.9. The van der Waals surface area contributed by atoms with Crippen molar-refractivity contribution in [2.45, 2.75) is 0 Å². The Kier molecular flexibility index (Phi) is 4.80. The Morgan fingerprint density at radius 3 is 1.23 bits per heavy atom. The quantitative estimate of drug-likeness (QED) is 0.636. The predicted molar refractivity (Wildman–Crippen MR) is 84.0 cm³/mol. The summed E-state index contributed by atoms with van der Waals surface area (Å²) in [7, 11) is 3.15. The van der Waals surface area contributed by atoms with Crippen LogP contribution >= 0.6 is 0 Å². The number of benzene rings is 2. The van der Waals surface area contributed by atoms with Gasteiger partial charge in [0.2, 0.25) is 0 Å². The summed E-state index contributed by atoms with van der Waals surface area (Å²) in [5.74, 6) is 1.40. The maximum atomic E-state index is 9.45. The van der Waals surface area contributed by atoms with Crippen LogP contribution in [0.4, 0.5) is 0 Å². The Balaban J connectivity index is 2.52. The maximum absolute atomic E-state index is 9.45. The van der Waals surface area contributed by atoms with E-state index in [1.165, 1.54) is 0 Å². The Labute approximate surface area is 129 Å². The van der Waals surface area contributed by atoms with E-state index in [9.17, 15) is 10.5 Å². The van der Waals surface area contributed by atoms with Gasteiger partial charge >= 0.3 is 0 Å². The number of allylic oxidation sites excluding steroid dienone is 2. The summed E-state index contributed by atoms with van der Waals surface area (Å²) in [6.45, 7) is 0. The largest absolute Gasteiger partial charge is 0.497 e. The molecule has 0 aliphatic heterocycles. The Hall–Kier alpha value is -3.24. The first-order valence-corrected chi connectivity index (χ1v) is 6.56. The van der Waals surface area contributed by atoms with E-state index in [2.05, 4.69) is 12.1 Å². The standard InChI is InChI=1S/C18H14N2O2/c1-21-15-7-3-13(4-8-15)17(11-19)18(12-20)14-5-9-16(22-2)10-6-14/h3-10H,1-2H3.